The van der Waals surface area contributed by atoms with Crippen LogP contribution < -0.4 is 5.73 Å². The van der Waals surface area contributed by atoms with Gasteiger partial charge < -0.3 is 10.6 Å². The van der Waals surface area contributed by atoms with Crippen LogP contribution in [0.3, 0.4) is 0 Å². The van der Waals surface area contributed by atoms with Gasteiger partial charge in [0.15, 0.2) is 0 Å². The topological polar surface area (TPSA) is 59.2 Å². The molecular formula is C16H21N3O. The smallest absolute Gasteiger partial charge is 0.255 e. The van der Waals surface area contributed by atoms with E-state index in [4.69, 9.17) is 5.73 Å². The van der Waals surface area contributed by atoms with E-state index < -0.39 is 0 Å². The number of amides is 1. The first-order chi connectivity index (χ1) is 9.76. The van der Waals surface area contributed by atoms with Crippen LogP contribution in [0, 0.1) is 17.8 Å². The molecule has 1 atom stereocenters. The van der Waals surface area contributed by atoms with Crippen molar-refractivity contribution >= 4 is 5.91 Å². The number of rotatable bonds is 2. The largest absolute Gasteiger partial charge is 0.338 e. The number of piperidine rings is 1. The fourth-order valence-corrected chi connectivity index (χ4v) is 2.58. The fraction of sp³-hybridized carbons (Fsp3) is 0.500. The second kappa shape index (κ2) is 7.06. The Hall–Kier alpha value is -1.86. The summed E-state index contributed by atoms with van der Waals surface area (Å²) in [6.45, 7) is 4.15. The van der Waals surface area contributed by atoms with E-state index in [1.165, 1.54) is 6.42 Å². The summed E-state index contributed by atoms with van der Waals surface area (Å²) in [5.41, 5.74) is 6.70. The van der Waals surface area contributed by atoms with Crippen molar-refractivity contribution < 1.29 is 4.79 Å². The molecule has 0 radical (unpaired) electrons. The first-order valence-electron chi connectivity index (χ1n) is 7.18. The number of pyridine rings is 1. The molecule has 106 valence electrons. The van der Waals surface area contributed by atoms with E-state index in [1.807, 2.05) is 4.90 Å². The molecule has 2 N–H and O–H groups in total. The highest BCUT2D eigenvalue weighted by Gasteiger charge is 2.24. The number of aromatic nitrogens is 1. The average Bonchev–Trinajstić information content (AvgIpc) is 2.52. The molecule has 1 aromatic heterocycles. The minimum atomic E-state index is 0.0619. The molecule has 0 aromatic carbocycles. The predicted octanol–water partition coefficient (Wildman–Crippen LogP) is 1.65. The summed E-state index contributed by atoms with van der Waals surface area (Å²) in [5, 5.41) is 0. The van der Waals surface area contributed by atoms with E-state index >= 15 is 0 Å². The van der Waals surface area contributed by atoms with Crippen molar-refractivity contribution in [2.45, 2.75) is 26.2 Å². The van der Waals surface area contributed by atoms with Gasteiger partial charge in [0.2, 0.25) is 0 Å². The summed E-state index contributed by atoms with van der Waals surface area (Å²) in [6.07, 6.45) is 6.70. The zero-order valence-electron chi connectivity index (χ0n) is 11.9. The van der Waals surface area contributed by atoms with Crippen molar-refractivity contribution in [1.29, 1.82) is 0 Å². The van der Waals surface area contributed by atoms with Crippen LogP contribution in [0.4, 0.5) is 0 Å². The summed E-state index contributed by atoms with van der Waals surface area (Å²) >= 11 is 0. The van der Waals surface area contributed by atoms with E-state index in [2.05, 4.69) is 23.7 Å². The van der Waals surface area contributed by atoms with E-state index in [9.17, 15) is 4.79 Å². The maximum absolute atomic E-state index is 12.6. The summed E-state index contributed by atoms with van der Waals surface area (Å²) < 4.78 is 0. The van der Waals surface area contributed by atoms with Crippen LogP contribution in [0.5, 0.6) is 0 Å². The summed E-state index contributed by atoms with van der Waals surface area (Å²) in [6, 6.07) is 1.75. The normalized spacial score (nSPS) is 18.3. The van der Waals surface area contributed by atoms with Gasteiger partial charge >= 0.3 is 0 Å². The lowest BCUT2D eigenvalue weighted by atomic mass is 9.95. The number of carbonyl (C=O) groups is 1. The quantitative estimate of drug-likeness (QED) is 0.832. The van der Waals surface area contributed by atoms with Gasteiger partial charge in [0.25, 0.3) is 5.91 Å². The number of nitrogens with zero attached hydrogens (tertiary/aromatic N) is 2. The second-order valence-corrected chi connectivity index (χ2v) is 5.09. The van der Waals surface area contributed by atoms with Crippen molar-refractivity contribution in [3.05, 3.63) is 29.6 Å². The third-order valence-corrected chi connectivity index (χ3v) is 3.76. The van der Waals surface area contributed by atoms with Gasteiger partial charge in [-0.05, 0) is 24.8 Å². The number of hydrogen-bond donors (Lipinski definition) is 1. The van der Waals surface area contributed by atoms with E-state index in [0.29, 0.717) is 17.0 Å². The summed E-state index contributed by atoms with van der Waals surface area (Å²) in [4.78, 5) is 18.6. The number of likely N-dealkylation sites (tertiary alicyclic amines) is 1. The Bertz CT molecular complexity index is 530. The molecule has 0 aliphatic carbocycles. The van der Waals surface area contributed by atoms with E-state index in [1.54, 1.807) is 18.5 Å². The maximum Gasteiger partial charge on any atom is 0.255 e. The van der Waals surface area contributed by atoms with E-state index in [-0.39, 0.29) is 12.5 Å². The van der Waals surface area contributed by atoms with Gasteiger partial charge in [-0.1, -0.05) is 25.2 Å². The van der Waals surface area contributed by atoms with Gasteiger partial charge in [-0.3, -0.25) is 9.78 Å². The molecule has 0 saturated carbocycles. The maximum atomic E-state index is 12.6. The molecule has 0 spiro atoms. The SMILES string of the molecule is CCC1CCCN(C(=O)c2ccncc2C#CCN)C1. The van der Waals surface area contributed by atoms with Gasteiger partial charge in [0, 0.05) is 25.5 Å². The Labute approximate surface area is 120 Å². The highest BCUT2D eigenvalue weighted by atomic mass is 16.2. The zero-order valence-corrected chi connectivity index (χ0v) is 11.9. The highest BCUT2D eigenvalue weighted by molar-refractivity contribution is 5.96. The van der Waals surface area contributed by atoms with Crippen molar-refractivity contribution in [3.63, 3.8) is 0 Å². The zero-order chi connectivity index (χ0) is 14.4. The third kappa shape index (κ3) is 3.37. The van der Waals surface area contributed by atoms with Crippen LogP contribution in [0.15, 0.2) is 18.5 Å². The molecule has 1 aliphatic heterocycles. The molecular weight excluding hydrogens is 250 g/mol. The van der Waals surface area contributed by atoms with Gasteiger partial charge in [0.1, 0.15) is 0 Å². The Morgan fingerprint density at radius 2 is 2.45 bits per heavy atom. The fourth-order valence-electron chi connectivity index (χ4n) is 2.58. The minimum Gasteiger partial charge on any atom is -0.338 e. The monoisotopic (exact) mass is 271 g/mol. The lowest BCUT2D eigenvalue weighted by Crippen LogP contribution is -2.40. The lowest BCUT2D eigenvalue weighted by Gasteiger charge is -2.32. The van der Waals surface area contributed by atoms with Crippen molar-refractivity contribution in [2.24, 2.45) is 11.7 Å². The lowest BCUT2D eigenvalue weighted by molar-refractivity contribution is 0.0671. The highest BCUT2D eigenvalue weighted by Crippen LogP contribution is 2.21. The average molecular weight is 271 g/mol. The number of carbonyl (C=O) groups excluding carboxylic acids is 1. The van der Waals surface area contributed by atoms with Crippen molar-refractivity contribution in [2.75, 3.05) is 19.6 Å². The van der Waals surface area contributed by atoms with Crippen molar-refractivity contribution in [1.82, 2.24) is 9.88 Å². The minimum absolute atomic E-state index is 0.0619. The Morgan fingerprint density at radius 1 is 1.60 bits per heavy atom. The Balaban J connectivity index is 2.20. The van der Waals surface area contributed by atoms with Crippen LogP contribution in [0.1, 0.15) is 42.1 Å². The number of nitrogens with two attached hydrogens (primary N) is 1. The Morgan fingerprint density at radius 3 is 3.20 bits per heavy atom. The molecule has 4 nitrogen and oxygen atoms in total. The number of hydrogen-bond acceptors (Lipinski definition) is 3. The molecule has 20 heavy (non-hydrogen) atoms. The molecule has 1 aromatic rings. The molecule has 1 aliphatic rings. The van der Waals surface area contributed by atoms with Crippen LogP contribution in [-0.4, -0.2) is 35.4 Å². The van der Waals surface area contributed by atoms with Crippen LogP contribution >= 0.6 is 0 Å². The molecule has 0 bridgehead atoms. The standard InChI is InChI=1S/C16H21N3O/c1-2-13-5-4-10-19(12-13)16(20)15-7-9-18-11-14(15)6-3-8-17/h7,9,11,13H,2,4-5,8,10,12,17H2,1H3. The van der Waals surface area contributed by atoms with E-state index in [0.717, 1.165) is 25.9 Å². The molecule has 1 unspecified atom stereocenters. The molecule has 4 heteroatoms. The molecule has 1 fully saturated rings. The van der Waals surface area contributed by atoms with Gasteiger partial charge in [-0.25, -0.2) is 0 Å². The summed E-state index contributed by atoms with van der Waals surface area (Å²) in [5.74, 6) is 6.40. The first kappa shape index (κ1) is 14.5. The molecule has 1 amide bonds. The third-order valence-electron chi connectivity index (χ3n) is 3.76. The first-order valence-corrected chi connectivity index (χ1v) is 7.18. The molecule has 2 heterocycles. The van der Waals surface area contributed by atoms with Crippen LogP contribution in [-0.2, 0) is 0 Å². The van der Waals surface area contributed by atoms with Gasteiger partial charge in [-0.2, -0.15) is 0 Å². The van der Waals surface area contributed by atoms with Crippen molar-refractivity contribution in [3.8, 4) is 11.8 Å². The Kier molecular flexibility index (Phi) is 5.14. The van der Waals surface area contributed by atoms with Gasteiger partial charge in [-0.15, -0.1) is 0 Å². The second-order valence-electron chi connectivity index (χ2n) is 5.09. The molecule has 2 rings (SSSR count). The predicted molar refractivity (Wildman–Crippen MR) is 79.1 cm³/mol. The van der Waals surface area contributed by atoms with Crippen LogP contribution in [0.25, 0.3) is 0 Å². The summed E-state index contributed by atoms with van der Waals surface area (Å²) in [7, 11) is 0. The van der Waals surface area contributed by atoms with Crippen LogP contribution in [0.2, 0.25) is 0 Å². The van der Waals surface area contributed by atoms with Gasteiger partial charge in [0.05, 0.1) is 17.7 Å². The molecule has 1 saturated heterocycles.